The zero-order chi connectivity index (χ0) is 8.48. The van der Waals surface area contributed by atoms with Crippen molar-refractivity contribution >= 4 is 10.1 Å². The number of hydrogen-bond acceptors (Lipinski definition) is 4. The molecule has 0 unspecified atom stereocenters. The Bertz CT molecular complexity index is 347. The number of phenolic OH excluding ortho intramolecular Hbond substituents is 1. The Hall–Kier alpha value is 1.57. The largest absolute Gasteiger partial charge is 1.00 e. The van der Waals surface area contributed by atoms with Gasteiger partial charge < -0.3 is 9.66 Å². The van der Waals surface area contributed by atoms with Gasteiger partial charge in [-0.05, 0) is 24.3 Å². The second-order valence-electron chi connectivity index (χ2n) is 1.95. The van der Waals surface area contributed by atoms with Crippen molar-refractivity contribution in [2.75, 3.05) is 0 Å². The van der Waals surface area contributed by atoms with Gasteiger partial charge in [-0.2, -0.15) is 0 Å². The van der Waals surface area contributed by atoms with E-state index in [2.05, 4.69) is 0 Å². The zero-order valence-electron chi connectivity index (χ0n) is 7.39. The van der Waals surface area contributed by atoms with Gasteiger partial charge in [0.2, 0.25) is 0 Å². The molecule has 0 aliphatic rings. The van der Waals surface area contributed by atoms with Crippen LogP contribution < -0.4 is 80.9 Å². The summed E-state index contributed by atoms with van der Waals surface area (Å²) in [6, 6.07) is 4.39. The normalized spacial score (nSPS) is 9.62. The van der Waals surface area contributed by atoms with Crippen LogP contribution in [0.3, 0.4) is 0 Å². The maximum Gasteiger partial charge on any atom is 1.00 e. The Morgan fingerprint density at radius 3 is 1.85 bits per heavy atom. The molecule has 0 aliphatic heterocycles. The summed E-state index contributed by atoms with van der Waals surface area (Å²) in [5.74, 6) is -0.0719. The maximum absolute atomic E-state index is 10.3. The molecule has 0 saturated carbocycles. The number of phenols is 1. The van der Waals surface area contributed by atoms with Gasteiger partial charge in [0.05, 0.1) is 4.90 Å². The predicted octanol–water partition coefficient (Wildman–Crippen LogP) is -5.70. The van der Waals surface area contributed by atoms with Crippen LogP contribution in [0.25, 0.3) is 0 Å². The molecular formula is C6H5KNaO4S+. The Kier molecular flexibility index (Phi) is 9.07. The topological polar surface area (TPSA) is 77.4 Å². The fraction of sp³-hybridized carbons (Fsp3) is 0. The van der Waals surface area contributed by atoms with Gasteiger partial charge in [0, 0.05) is 0 Å². The van der Waals surface area contributed by atoms with E-state index >= 15 is 0 Å². The minimum atomic E-state index is -4.38. The predicted molar refractivity (Wildman–Crippen MR) is 36.1 cm³/mol. The van der Waals surface area contributed by atoms with Crippen LogP contribution in [-0.4, -0.2) is 18.1 Å². The fourth-order valence-electron chi connectivity index (χ4n) is 0.613. The van der Waals surface area contributed by atoms with Crippen molar-refractivity contribution < 1.29 is 99.0 Å². The van der Waals surface area contributed by atoms with Crippen LogP contribution in [0.1, 0.15) is 0 Å². The first kappa shape index (κ1) is 17.0. The molecule has 0 amide bonds. The molecule has 0 heterocycles. The molecule has 0 radical (unpaired) electrons. The van der Waals surface area contributed by atoms with Crippen LogP contribution in [0.15, 0.2) is 29.2 Å². The summed E-state index contributed by atoms with van der Waals surface area (Å²) < 4.78 is 30.9. The molecule has 1 aromatic rings. The smallest absolute Gasteiger partial charge is 0.744 e. The van der Waals surface area contributed by atoms with Gasteiger partial charge in [-0.1, -0.05) is 0 Å². The second kappa shape index (κ2) is 6.94. The number of aromatic hydroxyl groups is 1. The van der Waals surface area contributed by atoms with Crippen molar-refractivity contribution in [1.29, 1.82) is 0 Å². The van der Waals surface area contributed by atoms with E-state index in [1.54, 1.807) is 0 Å². The van der Waals surface area contributed by atoms with Crippen LogP contribution in [0.4, 0.5) is 0 Å². The summed E-state index contributed by atoms with van der Waals surface area (Å²) in [5, 5.41) is 8.73. The van der Waals surface area contributed by atoms with Crippen molar-refractivity contribution in [3.05, 3.63) is 24.3 Å². The molecular weight excluding hydrogens is 230 g/mol. The van der Waals surface area contributed by atoms with Gasteiger partial charge in [-0.25, -0.2) is 8.42 Å². The van der Waals surface area contributed by atoms with E-state index in [-0.39, 0.29) is 91.6 Å². The van der Waals surface area contributed by atoms with Gasteiger partial charge in [0.15, 0.2) is 0 Å². The van der Waals surface area contributed by atoms with Crippen molar-refractivity contribution in [3.8, 4) is 5.75 Å². The summed E-state index contributed by atoms with van der Waals surface area (Å²) in [6.45, 7) is 0. The first-order valence-corrected chi connectivity index (χ1v) is 4.16. The van der Waals surface area contributed by atoms with Gasteiger partial charge in [0.1, 0.15) is 15.9 Å². The summed E-state index contributed by atoms with van der Waals surface area (Å²) in [6.07, 6.45) is 0. The Balaban J connectivity index is 0. The third kappa shape index (κ3) is 5.88. The van der Waals surface area contributed by atoms with Gasteiger partial charge in [-0.3, -0.25) is 0 Å². The van der Waals surface area contributed by atoms with E-state index in [4.69, 9.17) is 5.11 Å². The molecule has 4 nitrogen and oxygen atoms in total. The van der Waals surface area contributed by atoms with Crippen LogP contribution in [0.5, 0.6) is 5.75 Å². The second-order valence-corrected chi connectivity index (χ2v) is 3.33. The third-order valence-corrected chi connectivity index (χ3v) is 1.97. The molecule has 1 N–H and O–H groups in total. The van der Waals surface area contributed by atoms with E-state index in [9.17, 15) is 13.0 Å². The molecule has 0 aliphatic carbocycles. The van der Waals surface area contributed by atoms with Crippen molar-refractivity contribution in [3.63, 3.8) is 0 Å². The standard InChI is InChI=1S/C6H6O4S.K.Na/c7-5-1-3-6(4-2-5)11(8,9)10;;/h1-4,7H,(H,8,9,10);;/q;2*+1/p-1. The molecule has 0 fully saturated rings. The Morgan fingerprint density at radius 2 is 1.54 bits per heavy atom. The Morgan fingerprint density at radius 1 is 1.15 bits per heavy atom. The van der Waals surface area contributed by atoms with E-state index in [0.29, 0.717) is 0 Å². The van der Waals surface area contributed by atoms with Crippen LogP contribution in [0, 0.1) is 0 Å². The van der Waals surface area contributed by atoms with Gasteiger partial charge in [0.25, 0.3) is 0 Å². The van der Waals surface area contributed by atoms with E-state index in [0.717, 1.165) is 24.3 Å². The molecule has 7 heteroatoms. The molecule has 0 aromatic heterocycles. The molecule has 0 saturated heterocycles. The van der Waals surface area contributed by atoms with Crippen molar-refractivity contribution in [2.24, 2.45) is 0 Å². The average molecular weight is 235 g/mol. The minimum Gasteiger partial charge on any atom is -0.744 e. The van der Waals surface area contributed by atoms with E-state index in [1.807, 2.05) is 0 Å². The number of benzene rings is 1. The number of hydrogen-bond donors (Lipinski definition) is 1. The average Bonchev–Trinajstić information content (AvgIpc) is 1.86. The molecule has 1 rings (SSSR count). The fourth-order valence-corrected chi connectivity index (χ4v) is 1.08. The van der Waals surface area contributed by atoms with Gasteiger partial charge in [-0.15, -0.1) is 0 Å². The van der Waals surface area contributed by atoms with Crippen molar-refractivity contribution in [2.45, 2.75) is 4.90 Å². The summed E-state index contributed by atoms with van der Waals surface area (Å²) >= 11 is 0. The first-order chi connectivity index (χ1) is 5.00. The summed E-state index contributed by atoms with van der Waals surface area (Å²) in [7, 11) is -4.38. The first-order valence-electron chi connectivity index (χ1n) is 2.75. The monoisotopic (exact) mass is 235 g/mol. The SMILES string of the molecule is O=S(=O)([O-])c1ccc(O)cc1.[K+].[Na+]. The molecule has 60 valence electrons. The van der Waals surface area contributed by atoms with Crippen LogP contribution >= 0.6 is 0 Å². The maximum atomic E-state index is 10.3. The van der Waals surface area contributed by atoms with Gasteiger partial charge >= 0.3 is 80.9 Å². The quantitative estimate of drug-likeness (QED) is 0.389. The van der Waals surface area contributed by atoms with Crippen LogP contribution in [0.2, 0.25) is 0 Å². The van der Waals surface area contributed by atoms with Crippen LogP contribution in [-0.2, 0) is 10.1 Å². The Labute approximate surface area is 141 Å². The van der Waals surface area contributed by atoms with E-state index < -0.39 is 10.1 Å². The van der Waals surface area contributed by atoms with Crippen molar-refractivity contribution in [1.82, 2.24) is 0 Å². The molecule has 13 heavy (non-hydrogen) atoms. The summed E-state index contributed by atoms with van der Waals surface area (Å²) in [4.78, 5) is -0.338. The molecule has 0 bridgehead atoms. The third-order valence-electron chi connectivity index (χ3n) is 1.13. The molecule has 1 aromatic carbocycles. The minimum absolute atomic E-state index is 0. The zero-order valence-corrected chi connectivity index (χ0v) is 13.3. The number of rotatable bonds is 1. The summed E-state index contributed by atoms with van der Waals surface area (Å²) in [5.41, 5.74) is 0. The molecule has 0 spiro atoms. The molecule has 0 atom stereocenters. The van der Waals surface area contributed by atoms with E-state index in [1.165, 1.54) is 0 Å².